The highest BCUT2D eigenvalue weighted by Gasteiger charge is 2.31. The third-order valence-electron chi connectivity index (χ3n) is 3.36. The Morgan fingerprint density at radius 1 is 1.21 bits per heavy atom. The van der Waals surface area contributed by atoms with E-state index >= 15 is 0 Å². The van der Waals surface area contributed by atoms with Gasteiger partial charge < -0.3 is 10.4 Å². The van der Waals surface area contributed by atoms with Crippen LogP contribution in [0.4, 0.5) is 18.9 Å². The van der Waals surface area contributed by atoms with Crippen molar-refractivity contribution in [3.05, 3.63) is 28.2 Å². The molecular weight excluding hydrogens is 323 g/mol. The molecule has 19 heavy (non-hydrogen) atoms. The predicted molar refractivity (Wildman–Crippen MR) is 71.0 cm³/mol. The molecule has 2 N–H and O–H groups in total. The quantitative estimate of drug-likeness (QED) is 0.848. The van der Waals surface area contributed by atoms with E-state index in [1.54, 1.807) is 0 Å². The van der Waals surface area contributed by atoms with Gasteiger partial charge in [-0.25, -0.2) is 0 Å². The van der Waals surface area contributed by atoms with E-state index in [2.05, 4.69) is 21.2 Å². The second-order valence-corrected chi connectivity index (χ2v) is 5.65. The molecule has 6 heteroatoms. The van der Waals surface area contributed by atoms with Gasteiger partial charge in [0, 0.05) is 10.2 Å². The third-order valence-corrected chi connectivity index (χ3v) is 4.06. The monoisotopic (exact) mass is 337 g/mol. The number of nitrogens with one attached hydrogen (secondary N) is 1. The number of hydrogen-bond donors (Lipinski definition) is 2. The fourth-order valence-corrected chi connectivity index (χ4v) is 2.65. The van der Waals surface area contributed by atoms with Gasteiger partial charge in [-0.15, -0.1) is 0 Å². The first-order valence-corrected chi connectivity index (χ1v) is 6.98. The zero-order valence-electron chi connectivity index (χ0n) is 10.2. The molecule has 1 aliphatic rings. The molecule has 2 atom stereocenters. The molecule has 0 saturated heterocycles. The third kappa shape index (κ3) is 3.63. The SMILES string of the molecule is O[C@H]1CCCC[C@@H]1Nc1cc(C(F)(F)F)ccc1Br. The molecule has 0 aliphatic heterocycles. The standard InChI is InChI=1S/C13H15BrF3NO/c14-9-6-5-8(13(15,16)17)7-11(9)18-10-3-1-2-4-12(10)19/h5-7,10,12,18-19H,1-4H2/t10-,12-/m0/s1. The van der Waals surface area contributed by atoms with E-state index in [1.807, 2.05) is 0 Å². The molecule has 1 saturated carbocycles. The predicted octanol–water partition coefficient (Wildman–Crippen LogP) is 4.18. The number of halogens is 4. The van der Waals surface area contributed by atoms with Gasteiger partial charge in [0.05, 0.1) is 17.7 Å². The van der Waals surface area contributed by atoms with Crippen LogP contribution in [0.5, 0.6) is 0 Å². The Morgan fingerprint density at radius 3 is 2.53 bits per heavy atom. The maximum atomic E-state index is 12.7. The van der Waals surface area contributed by atoms with Gasteiger partial charge in [-0.05, 0) is 47.0 Å². The Balaban J connectivity index is 2.19. The number of rotatable bonds is 2. The minimum atomic E-state index is -4.36. The van der Waals surface area contributed by atoms with E-state index in [0.717, 1.165) is 31.4 Å². The number of hydrogen-bond acceptors (Lipinski definition) is 2. The summed E-state index contributed by atoms with van der Waals surface area (Å²) in [6.07, 6.45) is -1.47. The average Bonchev–Trinajstić information content (AvgIpc) is 2.33. The molecule has 0 bridgehead atoms. The number of alkyl halides is 3. The number of benzene rings is 1. The lowest BCUT2D eigenvalue weighted by Crippen LogP contribution is -2.36. The van der Waals surface area contributed by atoms with E-state index in [4.69, 9.17) is 0 Å². The Bertz CT molecular complexity index is 450. The molecule has 0 heterocycles. The van der Waals surface area contributed by atoms with Crippen LogP contribution in [0.2, 0.25) is 0 Å². The van der Waals surface area contributed by atoms with Crippen molar-refractivity contribution in [1.29, 1.82) is 0 Å². The van der Waals surface area contributed by atoms with E-state index in [0.29, 0.717) is 16.6 Å². The van der Waals surface area contributed by atoms with Crippen molar-refractivity contribution >= 4 is 21.6 Å². The largest absolute Gasteiger partial charge is 0.416 e. The minimum absolute atomic E-state index is 0.187. The van der Waals surface area contributed by atoms with Crippen molar-refractivity contribution in [2.75, 3.05) is 5.32 Å². The maximum absolute atomic E-state index is 12.7. The van der Waals surface area contributed by atoms with Gasteiger partial charge >= 0.3 is 6.18 Å². The first-order chi connectivity index (χ1) is 8.88. The molecule has 1 aromatic rings. The average molecular weight is 338 g/mol. The molecule has 0 radical (unpaired) electrons. The molecule has 0 aromatic heterocycles. The summed E-state index contributed by atoms with van der Waals surface area (Å²) in [4.78, 5) is 0. The van der Waals surface area contributed by atoms with E-state index in [-0.39, 0.29) is 6.04 Å². The summed E-state index contributed by atoms with van der Waals surface area (Å²) in [6, 6.07) is 3.30. The topological polar surface area (TPSA) is 32.3 Å². The zero-order valence-corrected chi connectivity index (χ0v) is 11.8. The molecule has 1 fully saturated rings. The van der Waals surface area contributed by atoms with Crippen LogP contribution in [-0.2, 0) is 6.18 Å². The summed E-state index contributed by atoms with van der Waals surface area (Å²) in [6.45, 7) is 0. The Hall–Kier alpha value is -0.750. The smallest absolute Gasteiger partial charge is 0.391 e. The fourth-order valence-electron chi connectivity index (χ4n) is 2.29. The van der Waals surface area contributed by atoms with Crippen molar-refractivity contribution in [1.82, 2.24) is 0 Å². The van der Waals surface area contributed by atoms with Gasteiger partial charge in [0.1, 0.15) is 0 Å². The highest BCUT2D eigenvalue weighted by Crippen LogP contribution is 2.35. The summed E-state index contributed by atoms with van der Waals surface area (Å²) in [5, 5.41) is 12.9. The van der Waals surface area contributed by atoms with Crippen molar-refractivity contribution < 1.29 is 18.3 Å². The van der Waals surface area contributed by atoms with Gasteiger partial charge in [0.15, 0.2) is 0 Å². The molecule has 0 amide bonds. The van der Waals surface area contributed by atoms with Crippen molar-refractivity contribution in [3.8, 4) is 0 Å². The number of aliphatic hydroxyl groups excluding tert-OH is 1. The summed E-state index contributed by atoms with van der Waals surface area (Å²) in [5.74, 6) is 0. The summed E-state index contributed by atoms with van der Waals surface area (Å²) >= 11 is 3.23. The van der Waals surface area contributed by atoms with Crippen LogP contribution >= 0.6 is 15.9 Å². The first kappa shape index (κ1) is 14.7. The highest BCUT2D eigenvalue weighted by atomic mass is 79.9. The molecule has 2 nitrogen and oxygen atoms in total. The van der Waals surface area contributed by atoms with Crippen molar-refractivity contribution in [2.24, 2.45) is 0 Å². The zero-order chi connectivity index (χ0) is 14.0. The number of anilines is 1. The van der Waals surface area contributed by atoms with Crippen LogP contribution in [0.3, 0.4) is 0 Å². The summed E-state index contributed by atoms with van der Waals surface area (Å²) < 4.78 is 38.6. The van der Waals surface area contributed by atoms with Gasteiger partial charge in [-0.1, -0.05) is 12.8 Å². The van der Waals surface area contributed by atoms with Crippen molar-refractivity contribution in [3.63, 3.8) is 0 Å². The minimum Gasteiger partial charge on any atom is -0.391 e. The molecule has 0 unspecified atom stereocenters. The number of aliphatic hydroxyl groups is 1. The Kier molecular flexibility index (Phi) is 4.40. The van der Waals surface area contributed by atoms with Gasteiger partial charge in [-0.3, -0.25) is 0 Å². The highest BCUT2D eigenvalue weighted by molar-refractivity contribution is 9.10. The lowest BCUT2D eigenvalue weighted by atomic mass is 9.92. The summed E-state index contributed by atoms with van der Waals surface area (Å²) in [5.41, 5.74) is -0.315. The van der Waals surface area contributed by atoms with E-state index < -0.39 is 17.8 Å². The molecular formula is C13H15BrF3NO. The Morgan fingerprint density at radius 2 is 1.89 bits per heavy atom. The van der Waals surface area contributed by atoms with Crippen LogP contribution in [-0.4, -0.2) is 17.3 Å². The van der Waals surface area contributed by atoms with Crippen LogP contribution in [0.1, 0.15) is 31.2 Å². The van der Waals surface area contributed by atoms with Crippen LogP contribution in [0.15, 0.2) is 22.7 Å². The fraction of sp³-hybridized carbons (Fsp3) is 0.538. The van der Waals surface area contributed by atoms with Crippen LogP contribution in [0.25, 0.3) is 0 Å². The van der Waals surface area contributed by atoms with Gasteiger partial charge in [-0.2, -0.15) is 13.2 Å². The van der Waals surface area contributed by atoms with E-state index in [1.165, 1.54) is 6.07 Å². The van der Waals surface area contributed by atoms with Gasteiger partial charge in [0.25, 0.3) is 0 Å². The van der Waals surface area contributed by atoms with E-state index in [9.17, 15) is 18.3 Å². The first-order valence-electron chi connectivity index (χ1n) is 6.19. The lowest BCUT2D eigenvalue weighted by Gasteiger charge is -2.29. The molecule has 1 aliphatic carbocycles. The lowest BCUT2D eigenvalue weighted by molar-refractivity contribution is -0.137. The second-order valence-electron chi connectivity index (χ2n) is 4.80. The van der Waals surface area contributed by atoms with Gasteiger partial charge in [0.2, 0.25) is 0 Å². The molecule has 2 rings (SSSR count). The summed E-state index contributed by atoms with van der Waals surface area (Å²) in [7, 11) is 0. The molecule has 0 spiro atoms. The normalized spacial score (nSPS) is 24.3. The van der Waals surface area contributed by atoms with Crippen LogP contribution in [0, 0.1) is 0 Å². The van der Waals surface area contributed by atoms with Crippen LogP contribution < -0.4 is 5.32 Å². The molecule has 106 valence electrons. The second kappa shape index (κ2) is 5.71. The van der Waals surface area contributed by atoms with Crippen molar-refractivity contribution in [2.45, 2.75) is 44.0 Å². The molecule has 1 aromatic carbocycles. The maximum Gasteiger partial charge on any atom is 0.416 e. The Labute approximate surface area is 118 Å².